The topological polar surface area (TPSA) is 28.7 Å². The second-order valence-corrected chi connectivity index (χ2v) is 4.20. The van der Waals surface area contributed by atoms with Gasteiger partial charge in [0.25, 0.3) is 0 Å². The molecule has 0 amide bonds. The van der Waals surface area contributed by atoms with Crippen molar-refractivity contribution in [2.75, 3.05) is 0 Å². The molecular formula is C14H9F3N2. The molecule has 0 bridgehead atoms. The minimum Gasteiger partial charge on any atom is -0.355 e. The Balaban J connectivity index is 2.11. The first-order chi connectivity index (χ1) is 9.04. The number of H-pyrrole nitrogens is 1. The SMILES string of the molecule is FC(F)(F)c1cc(-c2cc3ccccc3[nH]2)ccn1. The second-order valence-electron chi connectivity index (χ2n) is 4.20. The molecule has 96 valence electrons. The third-order valence-electron chi connectivity index (χ3n) is 2.89. The maximum Gasteiger partial charge on any atom is 0.433 e. The molecule has 5 heteroatoms. The van der Waals surface area contributed by atoms with Crippen LogP contribution in [-0.4, -0.2) is 9.97 Å². The number of nitrogens with zero attached hydrogens (tertiary/aromatic N) is 1. The fourth-order valence-corrected chi connectivity index (χ4v) is 1.98. The van der Waals surface area contributed by atoms with Crippen molar-refractivity contribution in [1.82, 2.24) is 9.97 Å². The van der Waals surface area contributed by atoms with Crippen molar-refractivity contribution < 1.29 is 13.2 Å². The third kappa shape index (κ3) is 2.19. The largest absolute Gasteiger partial charge is 0.433 e. The monoisotopic (exact) mass is 262 g/mol. The Morgan fingerprint density at radius 2 is 1.79 bits per heavy atom. The molecule has 0 aliphatic carbocycles. The molecule has 0 spiro atoms. The highest BCUT2D eigenvalue weighted by atomic mass is 19.4. The lowest BCUT2D eigenvalue weighted by Gasteiger charge is -2.06. The summed E-state index contributed by atoms with van der Waals surface area (Å²) in [5, 5.41) is 0.961. The molecule has 0 unspecified atom stereocenters. The van der Waals surface area contributed by atoms with Gasteiger partial charge < -0.3 is 4.98 Å². The van der Waals surface area contributed by atoms with Crippen molar-refractivity contribution in [3.05, 3.63) is 54.4 Å². The van der Waals surface area contributed by atoms with E-state index >= 15 is 0 Å². The maximum atomic E-state index is 12.6. The van der Waals surface area contributed by atoms with Gasteiger partial charge in [-0.2, -0.15) is 13.2 Å². The number of pyridine rings is 1. The number of aromatic amines is 1. The first kappa shape index (κ1) is 11.8. The van der Waals surface area contributed by atoms with E-state index in [9.17, 15) is 13.2 Å². The van der Waals surface area contributed by atoms with Gasteiger partial charge in [0.2, 0.25) is 0 Å². The molecule has 2 nitrogen and oxygen atoms in total. The van der Waals surface area contributed by atoms with Gasteiger partial charge in [-0.1, -0.05) is 18.2 Å². The molecule has 1 N–H and O–H groups in total. The molecule has 0 radical (unpaired) electrons. The van der Waals surface area contributed by atoms with E-state index in [1.54, 1.807) is 6.07 Å². The number of benzene rings is 1. The van der Waals surface area contributed by atoms with Gasteiger partial charge in [-0.15, -0.1) is 0 Å². The summed E-state index contributed by atoms with van der Waals surface area (Å²) < 4.78 is 37.8. The molecule has 1 aromatic carbocycles. The number of rotatable bonds is 1. The summed E-state index contributed by atoms with van der Waals surface area (Å²) in [5.41, 5.74) is 1.12. The van der Waals surface area contributed by atoms with E-state index in [4.69, 9.17) is 0 Å². The van der Waals surface area contributed by atoms with Crippen molar-refractivity contribution in [2.45, 2.75) is 6.18 Å². The summed E-state index contributed by atoms with van der Waals surface area (Å²) in [4.78, 5) is 6.45. The summed E-state index contributed by atoms with van der Waals surface area (Å²) in [7, 11) is 0. The second kappa shape index (κ2) is 4.12. The van der Waals surface area contributed by atoms with Gasteiger partial charge in [0.05, 0.1) is 0 Å². The van der Waals surface area contributed by atoms with Crippen LogP contribution in [0.5, 0.6) is 0 Å². The van der Waals surface area contributed by atoms with Crippen LogP contribution >= 0.6 is 0 Å². The van der Waals surface area contributed by atoms with E-state index in [2.05, 4.69) is 9.97 Å². The zero-order valence-electron chi connectivity index (χ0n) is 9.70. The molecule has 0 saturated carbocycles. The molecule has 0 atom stereocenters. The lowest BCUT2D eigenvalue weighted by molar-refractivity contribution is -0.141. The molecule has 3 aromatic rings. The number of aromatic nitrogens is 2. The van der Waals surface area contributed by atoms with Crippen LogP contribution < -0.4 is 0 Å². The Morgan fingerprint density at radius 3 is 2.53 bits per heavy atom. The Labute approximate surface area is 106 Å². The van der Waals surface area contributed by atoms with E-state index in [0.717, 1.165) is 17.0 Å². The van der Waals surface area contributed by atoms with Gasteiger partial charge in [0.15, 0.2) is 0 Å². The minimum atomic E-state index is -4.43. The van der Waals surface area contributed by atoms with Crippen LogP contribution in [0.25, 0.3) is 22.2 Å². The van der Waals surface area contributed by atoms with Crippen LogP contribution in [0, 0.1) is 0 Å². The van der Waals surface area contributed by atoms with Gasteiger partial charge >= 0.3 is 6.18 Å². The van der Waals surface area contributed by atoms with Crippen LogP contribution in [0.2, 0.25) is 0 Å². The quantitative estimate of drug-likeness (QED) is 0.697. The lowest BCUT2D eigenvalue weighted by Crippen LogP contribution is -2.07. The van der Waals surface area contributed by atoms with Gasteiger partial charge in [-0.25, -0.2) is 0 Å². The molecule has 3 rings (SSSR count). The Hall–Kier alpha value is -2.30. The summed E-state index contributed by atoms with van der Waals surface area (Å²) in [5.74, 6) is 0. The summed E-state index contributed by atoms with van der Waals surface area (Å²) in [6.45, 7) is 0. The van der Waals surface area contributed by atoms with Crippen LogP contribution in [0.4, 0.5) is 13.2 Å². The van der Waals surface area contributed by atoms with Gasteiger partial charge in [0.1, 0.15) is 5.69 Å². The maximum absolute atomic E-state index is 12.6. The standard InChI is InChI=1S/C14H9F3N2/c15-14(16,17)13-8-10(5-6-18-13)12-7-9-3-1-2-4-11(9)19-12/h1-8,19H. The van der Waals surface area contributed by atoms with E-state index in [1.807, 2.05) is 30.3 Å². The first-order valence-electron chi connectivity index (χ1n) is 5.65. The summed E-state index contributed by atoms with van der Waals surface area (Å²) in [6.07, 6.45) is -3.26. The van der Waals surface area contributed by atoms with Gasteiger partial charge in [0, 0.05) is 28.4 Å². The number of hydrogen-bond acceptors (Lipinski definition) is 1. The van der Waals surface area contributed by atoms with E-state index in [-0.39, 0.29) is 0 Å². The average Bonchev–Trinajstić information content (AvgIpc) is 2.81. The fourth-order valence-electron chi connectivity index (χ4n) is 1.98. The zero-order valence-corrected chi connectivity index (χ0v) is 9.70. The van der Waals surface area contributed by atoms with Gasteiger partial charge in [-0.3, -0.25) is 4.98 Å². The molecule has 0 aliphatic rings. The smallest absolute Gasteiger partial charge is 0.355 e. The molecule has 2 heterocycles. The number of para-hydroxylation sites is 1. The third-order valence-corrected chi connectivity index (χ3v) is 2.89. The number of alkyl halides is 3. The summed E-state index contributed by atoms with van der Waals surface area (Å²) in [6, 6.07) is 12.0. The van der Waals surface area contributed by atoms with Crippen LogP contribution in [0.3, 0.4) is 0 Å². The molecular weight excluding hydrogens is 253 g/mol. The lowest BCUT2D eigenvalue weighted by atomic mass is 10.1. The Bertz CT molecular complexity index is 696. The predicted octanol–water partition coefficient (Wildman–Crippen LogP) is 4.25. The number of fused-ring (bicyclic) bond motifs is 1. The highest BCUT2D eigenvalue weighted by Crippen LogP contribution is 2.31. The minimum absolute atomic E-state index is 0.471. The van der Waals surface area contributed by atoms with Crippen molar-refractivity contribution in [2.24, 2.45) is 0 Å². The van der Waals surface area contributed by atoms with Crippen molar-refractivity contribution in [3.63, 3.8) is 0 Å². The summed E-state index contributed by atoms with van der Waals surface area (Å²) >= 11 is 0. The van der Waals surface area contributed by atoms with Gasteiger partial charge in [-0.05, 0) is 24.3 Å². The average molecular weight is 262 g/mol. The van der Waals surface area contributed by atoms with E-state index in [1.165, 1.54) is 6.20 Å². The number of hydrogen-bond donors (Lipinski definition) is 1. The van der Waals surface area contributed by atoms with Crippen LogP contribution in [0.15, 0.2) is 48.7 Å². The highest BCUT2D eigenvalue weighted by molar-refractivity contribution is 5.85. The number of halogens is 3. The van der Waals surface area contributed by atoms with Crippen LogP contribution in [0.1, 0.15) is 5.69 Å². The fraction of sp³-hybridized carbons (Fsp3) is 0.0714. The van der Waals surface area contributed by atoms with Crippen LogP contribution in [-0.2, 0) is 6.18 Å². The molecule has 0 saturated heterocycles. The normalized spacial score (nSPS) is 11.9. The van der Waals surface area contributed by atoms with Crippen molar-refractivity contribution in [3.8, 4) is 11.3 Å². The molecule has 0 aliphatic heterocycles. The van der Waals surface area contributed by atoms with Crippen molar-refractivity contribution >= 4 is 10.9 Å². The Morgan fingerprint density at radius 1 is 1.00 bits per heavy atom. The van der Waals surface area contributed by atoms with E-state index in [0.29, 0.717) is 11.3 Å². The molecule has 19 heavy (non-hydrogen) atoms. The Kier molecular flexibility index (Phi) is 2.55. The first-order valence-corrected chi connectivity index (χ1v) is 5.65. The predicted molar refractivity (Wildman–Crippen MR) is 66.5 cm³/mol. The zero-order chi connectivity index (χ0) is 13.5. The molecule has 2 aromatic heterocycles. The van der Waals surface area contributed by atoms with Crippen molar-refractivity contribution in [1.29, 1.82) is 0 Å². The molecule has 0 fully saturated rings. The van der Waals surface area contributed by atoms with E-state index < -0.39 is 11.9 Å². The number of nitrogens with one attached hydrogen (secondary N) is 1. The highest BCUT2D eigenvalue weighted by Gasteiger charge is 2.32.